The fourth-order valence-electron chi connectivity index (χ4n) is 2.36. The molecular weight excluding hydrogens is 244 g/mol. The molecule has 4 heteroatoms. The summed E-state index contributed by atoms with van der Waals surface area (Å²) < 4.78 is 5.45. The van der Waals surface area contributed by atoms with E-state index in [0.717, 1.165) is 24.5 Å². The smallest absolute Gasteiger partial charge is 0.228 e. The van der Waals surface area contributed by atoms with Crippen LogP contribution in [0, 0.1) is 0 Å². The van der Waals surface area contributed by atoms with Gasteiger partial charge in [0.05, 0.1) is 0 Å². The molecule has 2 heterocycles. The Balaban J connectivity index is 2.09. The number of thioether (sulfide) groups is 1. The first-order chi connectivity index (χ1) is 8.90. The summed E-state index contributed by atoms with van der Waals surface area (Å²) in [5.41, 5.74) is 3.41. The average Bonchev–Trinajstić information content (AvgIpc) is 2.67. The third-order valence-electron chi connectivity index (χ3n) is 3.29. The van der Waals surface area contributed by atoms with Gasteiger partial charge in [0, 0.05) is 22.6 Å². The molecule has 0 bridgehead atoms. The van der Waals surface area contributed by atoms with Crippen LogP contribution in [0.3, 0.4) is 0 Å². The highest BCUT2D eigenvalue weighted by molar-refractivity contribution is 7.98. The molecule has 1 aliphatic heterocycles. The number of fused-ring (bicyclic) bond motifs is 1. The van der Waals surface area contributed by atoms with Gasteiger partial charge in [0.2, 0.25) is 5.88 Å². The minimum absolute atomic E-state index is 0.860. The summed E-state index contributed by atoms with van der Waals surface area (Å²) in [6.45, 7) is 0.978. The van der Waals surface area contributed by atoms with Gasteiger partial charge < -0.3 is 9.84 Å². The molecular formula is C14H16N2OS. The Morgan fingerprint density at radius 2 is 2.17 bits per heavy atom. The number of benzene rings is 1. The molecule has 0 spiro atoms. The fraction of sp³-hybridized carbons (Fsp3) is 0.357. The molecule has 3 rings (SSSR count). The van der Waals surface area contributed by atoms with Crippen LogP contribution in [0.25, 0.3) is 11.3 Å². The molecule has 0 saturated carbocycles. The lowest BCUT2D eigenvalue weighted by atomic mass is 10.0. The largest absolute Gasteiger partial charge is 0.354 e. The zero-order valence-corrected chi connectivity index (χ0v) is 11.2. The van der Waals surface area contributed by atoms with Gasteiger partial charge in [-0.05, 0) is 31.6 Å². The van der Waals surface area contributed by atoms with Gasteiger partial charge in [-0.1, -0.05) is 23.4 Å². The topological polar surface area (TPSA) is 38.1 Å². The van der Waals surface area contributed by atoms with Gasteiger partial charge in [-0.3, -0.25) is 0 Å². The van der Waals surface area contributed by atoms with E-state index >= 15 is 0 Å². The Labute approximate surface area is 111 Å². The summed E-state index contributed by atoms with van der Waals surface area (Å²) >= 11 is 1.75. The maximum atomic E-state index is 5.45. The summed E-state index contributed by atoms with van der Waals surface area (Å²) in [4.78, 5) is 1.25. The van der Waals surface area contributed by atoms with E-state index < -0.39 is 0 Å². The maximum Gasteiger partial charge on any atom is 0.228 e. The van der Waals surface area contributed by atoms with E-state index in [0.29, 0.717) is 0 Å². The molecule has 0 fully saturated rings. The lowest BCUT2D eigenvalue weighted by Crippen LogP contribution is -1.97. The number of hydrogen-bond acceptors (Lipinski definition) is 4. The summed E-state index contributed by atoms with van der Waals surface area (Å²) in [6, 6.07) is 8.37. The molecule has 0 amide bonds. The number of nitrogens with one attached hydrogen (secondary N) is 1. The first-order valence-electron chi connectivity index (χ1n) is 6.26. The monoisotopic (exact) mass is 260 g/mol. The Morgan fingerprint density at radius 3 is 3.06 bits per heavy atom. The molecule has 3 nitrogen and oxygen atoms in total. The van der Waals surface area contributed by atoms with Crippen LogP contribution in [0.15, 0.2) is 33.7 Å². The molecule has 18 heavy (non-hydrogen) atoms. The van der Waals surface area contributed by atoms with Crippen LogP contribution in [0.5, 0.6) is 0 Å². The van der Waals surface area contributed by atoms with Gasteiger partial charge in [0.25, 0.3) is 0 Å². The van der Waals surface area contributed by atoms with Crippen LogP contribution in [-0.2, 0) is 6.42 Å². The van der Waals surface area contributed by atoms with Crippen molar-refractivity contribution in [2.45, 2.75) is 24.2 Å². The van der Waals surface area contributed by atoms with E-state index in [4.69, 9.17) is 4.52 Å². The SMILES string of the molecule is CSc1ccccc1-c1noc2c1CCCCN2. The fourth-order valence-corrected chi connectivity index (χ4v) is 2.96. The molecule has 1 N–H and O–H groups in total. The summed E-state index contributed by atoms with van der Waals surface area (Å²) in [7, 11) is 0. The van der Waals surface area contributed by atoms with Crippen molar-refractivity contribution in [1.29, 1.82) is 0 Å². The third kappa shape index (κ3) is 2.01. The third-order valence-corrected chi connectivity index (χ3v) is 4.09. The predicted molar refractivity (Wildman–Crippen MR) is 75.1 cm³/mol. The predicted octanol–water partition coefficient (Wildman–Crippen LogP) is 3.81. The number of aromatic nitrogens is 1. The minimum Gasteiger partial charge on any atom is -0.354 e. The second-order valence-corrected chi connectivity index (χ2v) is 5.27. The van der Waals surface area contributed by atoms with Crippen LogP contribution in [0.1, 0.15) is 18.4 Å². The molecule has 94 valence electrons. The Bertz CT molecular complexity index is 550. The van der Waals surface area contributed by atoms with E-state index in [2.05, 4.69) is 41.0 Å². The van der Waals surface area contributed by atoms with Gasteiger partial charge in [-0.15, -0.1) is 11.8 Å². The first-order valence-corrected chi connectivity index (χ1v) is 7.48. The van der Waals surface area contributed by atoms with Crippen molar-refractivity contribution in [3.63, 3.8) is 0 Å². The van der Waals surface area contributed by atoms with Gasteiger partial charge in [-0.25, -0.2) is 0 Å². The minimum atomic E-state index is 0.860. The Morgan fingerprint density at radius 1 is 1.28 bits per heavy atom. The number of nitrogens with zero attached hydrogens (tertiary/aromatic N) is 1. The molecule has 0 saturated heterocycles. The zero-order chi connectivity index (χ0) is 12.4. The molecule has 0 atom stereocenters. The van der Waals surface area contributed by atoms with E-state index in [1.165, 1.54) is 28.9 Å². The Hall–Kier alpha value is -1.42. The molecule has 1 aliphatic rings. The maximum absolute atomic E-state index is 5.45. The van der Waals surface area contributed by atoms with Crippen molar-refractivity contribution in [3.05, 3.63) is 29.8 Å². The standard InChI is InChI=1S/C14H16N2OS/c1-18-12-8-3-2-6-10(12)13-11-7-4-5-9-15-14(11)17-16-13/h2-3,6,8,15H,4-5,7,9H2,1H3. The van der Waals surface area contributed by atoms with Crippen molar-refractivity contribution >= 4 is 17.6 Å². The van der Waals surface area contributed by atoms with Crippen LogP contribution in [0.4, 0.5) is 5.88 Å². The van der Waals surface area contributed by atoms with Crippen molar-refractivity contribution in [1.82, 2.24) is 5.16 Å². The normalized spacial score (nSPS) is 14.7. The van der Waals surface area contributed by atoms with Crippen molar-refractivity contribution < 1.29 is 4.52 Å². The van der Waals surface area contributed by atoms with Crippen molar-refractivity contribution in [2.75, 3.05) is 18.1 Å². The first kappa shape index (κ1) is 11.7. The van der Waals surface area contributed by atoms with Crippen LogP contribution in [-0.4, -0.2) is 18.0 Å². The van der Waals surface area contributed by atoms with Crippen molar-refractivity contribution in [2.24, 2.45) is 0 Å². The summed E-state index contributed by atoms with van der Waals surface area (Å²) in [5.74, 6) is 0.860. The van der Waals surface area contributed by atoms with E-state index in [1.807, 2.05) is 0 Å². The Kier molecular flexibility index (Phi) is 3.28. The number of hydrogen-bond donors (Lipinski definition) is 1. The van der Waals surface area contributed by atoms with Crippen LogP contribution >= 0.6 is 11.8 Å². The van der Waals surface area contributed by atoms with E-state index in [9.17, 15) is 0 Å². The van der Waals surface area contributed by atoms with Gasteiger partial charge in [0.15, 0.2) is 0 Å². The summed E-state index contributed by atoms with van der Waals surface area (Å²) in [5, 5.41) is 7.58. The summed E-state index contributed by atoms with van der Waals surface area (Å²) in [6.07, 6.45) is 5.52. The molecule has 0 aliphatic carbocycles. The molecule has 0 unspecified atom stereocenters. The highest BCUT2D eigenvalue weighted by Gasteiger charge is 2.20. The van der Waals surface area contributed by atoms with Gasteiger partial charge >= 0.3 is 0 Å². The molecule has 0 radical (unpaired) electrons. The quantitative estimate of drug-likeness (QED) is 0.833. The second-order valence-electron chi connectivity index (χ2n) is 4.42. The average molecular weight is 260 g/mol. The molecule has 1 aromatic carbocycles. The van der Waals surface area contributed by atoms with Gasteiger partial charge in [0.1, 0.15) is 5.69 Å². The number of anilines is 1. The van der Waals surface area contributed by atoms with Crippen LogP contribution in [0.2, 0.25) is 0 Å². The van der Waals surface area contributed by atoms with E-state index in [-0.39, 0.29) is 0 Å². The highest BCUT2D eigenvalue weighted by atomic mass is 32.2. The van der Waals surface area contributed by atoms with E-state index in [1.54, 1.807) is 11.8 Å². The lowest BCUT2D eigenvalue weighted by molar-refractivity contribution is 0.434. The van der Waals surface area contributed by atoms with Crippen molar-refractivity contribution in [3.8, 4) is 11.3 Å². The second kappa shape index (κ2) is 5.06. The molecule has 2 aromatic rings. The number of rotatable bonds is 2. The van der Waals surface area contributed by atoms with Gasteiger partial charge in [-0.2, -0.15) is 0 Å². The van der Waals surface area contributed by atoms with Crippen LogP contribution < -0.4 is 5.32 Å². The lowest BCUT2D eigenvalue weighted by Gasteiger charge is -2.05. The molecule has 1 aromatic heterocycles. The zero-order valence-electron chi connectivity index (χ0n) is 10.4. The highest BCUT2D eigenvalue weighted by Crippen LogP contribution is 2.36.